The van der Waals surface area contributed by atoms with Crippen molar-refractivity contribution in [3.05, 3.63) is 47.3 Å². The monoisotopic (exact) mass is 402 g/mol. The van der Waals surface area contributed by atoms with Crippen molar-refractivity contribution in [3.8, 4) is 23.2 Å². The molecule has 0 aliphatic carbocycles. The molecule has 0 saturated heterocycles. The highest BCUT2D eigenvalue weighted by atomic mass is 32.2. The lowest BCUT2D eigenvalue weighted by molar-refractivity contribution is 0.251. The molecule has 0 saturated carbocycles. The minimum atomic E-state index is -2.66. The molecule has 144 valence electrons. The number of methoxy groups -OCH3 is 1. The second-order valence-electron chi connectivity index (χ2n) is 5.71. The molecule has 0 radical (unpaired) electrons. The molecule has 3 rings (SSSR count). The van der Waals surface area contributed by atoms with Gasteiger partial charge in [-0.15, -0.1) is 10.2 Å². The molecule has 0 aliphatic heterocycles. The first-order chi connectivity index (χ1) is 13.4. The van der Waals surface area contributed by atoms with E-state index in [0.29, 0.717) is 28.4 Å². The number of rotatable bonds is 6. The van der Waals surface area contributed by atoms with Gasteiger partial charge < -0.3 is 9.30 Å². The summed E-state index contributed by atoms with van der Waals surface area (Å²) in [6.45, 7) is 1.84. The van der Waals surface area contributed by atoms with Crippen LogP contribution >= 0.6 is 11.8 Å². The van der Waals surface area contributed by atoms with Crippen LogP contribution in [0, 0.1) is 18.3 Å². The Morgan fingerprint density at radius 3 is 2.57 bits per heavy atom. The summed E-state index contributed by atoms with van der Waals surface area (Å²) < 4.78 is 34.0. The van der Waals surface area contributed by atoms with Gasteiger partial charge in [0.15, 0.2) is 5.82 Å². The van der Waals surface area contributed by atoms with Crippen molar-refractivity contribution < 1.29 is 13.5 Å². The van der Waals surface area contributed by atoms with E-state index in [2.05, 4.69) is 21.4 Å². The number of alkyl halides is 2. The summed E-state index contributed by atoms with van der Waals surface area (Å²) in [5.74, 6) is -1.69. The van der Waals surface area contributed by atoms with Gasteiger partial charge in [-0.05, 0) is 49.0 Å². The average molecular weight is 402 g/mol. The highest BCUT2D eigenvalue weighted by Gasteiger charge is 2.18. The highest BCUT2D eigenvalue weighted by molar-refractivity contribution is 7.99. The number of aromatic nitrogens is 4. The third-order valence-corrected chi connectivity index (χ3v) is 4.80. The number of ether oxygens (including phenoxy) is 1. The van der Waals surface area contributed by atoms with Crippen LogP contribution in [-0.4, -0.2) is 38.5 Å². The molecule has 2 aromatic heterocycles. The maximum absolute atomic E-state index is 12.9. The standard InChI is InChI=1S/C18H16F2N6OS/c1-11-13(8-14(9-21)25(11)2)10-22-26-16(23-24-18(26)28-17(19)20)12-4-6-15(27-3)7-5-12/h4-8,10,17H,1-3H3/b22-10-. The summed E-state index contributed by atoms with van der Waals surface area (Å²) in [5.41, 5.74) is 2.64. The van der Waals surface area contributed by atoms with Crippen LogP contribution in [0.15, 0.2) is 40.6 Å². The Kier molecular flexibility index (Phi) is 5.75. The number of thioether (sulfide) groups is 1. The van der Waals surface area contributed by atoms with E-state index in [9.17, 15) is 8.78 Å². The van der Waals surface area contributed by atoms with Crippen LogP contribution in [0.25, 0.3) is 11.4 Å². The minimum absolute atomic E-state index is 0.0360. The Morgan fingerprint density at radius 2 is 2.00 bits per heavy atom. The number of nitrogens with zero attached hydrogens (tertiary/aromatic N) is 6. The first-order valence-electron chi connectivity index (χ1n) is 8.10. The second-order valence-corrected chi connectivity index (χ2v) is 6.67. The summed E-state index contributed by atoms with van der Waals surface area (Å²) in [4.78, 5) is 0. The fourth-order valence-corrected chi connectivity index (χ4v) is 3.00. The van der Waals surface area contributed by atoms with E-state index in [1.165, 1.54) is 10.9 Å². The molecular formula is C18H16F2N6OS. The van der Waals surface area contributed by atoms with Crippen molar-refractivity contribution in [2.24, 2.45) is 12.1 Å². The molecular weight excluding hydrogens is 386 g/mol. The number of hydrogen-bond donors (Lipinski definition) is 0. The van der Waals surface area contributed by atoms with Crippen LogP contribution in [0.1, 0.15) is 17.0 Å². The van der Waals surface area contributed by atoms with Crippen molar-refractivity contribution in [1.29, 1.82) is 5.26 Å². The van der Waals surface area contributed by atoms with E-state index >= 15 is 0 Å². The summed E-state index contributed by atoms with van der Waals surface area (Å²) >= 11 is 0.260. The predicted molar refractivity (Wildman–Crippen MR) is 102 cm³/mol. The molecule has 3 aromatic rings. The van der Waals surface area contributed by atoms with Crippen LogP contribution in [0.2, 0.25) is 0 Å². The first kappa shape index (κ1) is 19.6. The normalized spacial score (nSPS) is 11.3. The summed E-state index contributed by atoms with van der Waals surface area (Å²) in [6.07, 6.45) is 1.50. The van der Waals surface area contributed by atoms with Crippen molar-refractivity contribution >= 4 is 18.0 Å². The van der Waals surface area contributed by atoms with E-state index < -0.39 is 5.76 Å². The van der Waals surface area contributed by atoms with Gasteiger partial charge in [0, 0.05) is 23.9 Å². The van der Waals surface area contributed by atoms with E-state index in [0.717, 1.165) is 5.69 Å². The van der Waals surface area contributed by atoms with Crippen LogP contribution in [-0.2, 0) is 7.05 Å². The minimum Gasteiger partial charge on any atom is -0.497 e. The second kappa shape index (κ2) is 8.22. The van der Waals surface area contributed by atoms with Crippen LogP contribution in [0.4, 0.5) is 8.78 Å². The number of halogens is 2. The Bertz CT molecular complexity index is 1050. The predicted octanol–water partition coefficient (Wildman–Crippen LogP) is 3.67. The van der Waals surface area contributed by atoms with E-state index in [1.807, 2.05) is 6.92 Å². The molecule has 0 N–H and O–H groups in total. The Morgan fingerprint density at radius 1 is 1.29 bits per heavy atom. The van der Waals surface area contributed by atoms with E-state index in [1.54, 1.807) is 49.1 Å². The maximum Gasteiger partial charge on any atom is 0.291 e. The average Bonchev–Trinajstić information content (AvgIpc) is 3.21. The molecule has 28 heavy (non-hydrogen) atoms. The van der Waals surface area contributed by atoms with Crippen molar-refractivity contribution in [2.75, 3.05) is 7.11 Å². The van der Waals surface area contributed by atoms with Gasteiger partial charge in [0.05, 0.1) is 13.3 Å². The van der Waals surface area contributed by atoms with Gasteiger partial charge in [0.2, 0.25) is 5.16 Å². The highest BCUT2D eigenvalue weighted by Crippen LogP contribution is 2.28. The molecule has 0 aliphatic rings. The Balaban J connectivity index is 2.04. The lowest BCUT2D eigenvalue weighted by atomic mass is 10.2. The van der Waals surface area contributed by atoms with Crippen LogP contribution < -0.4 is 4.74 Å². The molecule has 0 bridgehead atoms. The smallest absolute Gasteiger partial charge is 0.291 e. The molecule has 1 aromatic carbocycles. The lowest BCUT2D eigenvalue weighted by Gasteiger charge is -2.05. The van der Waals surface area contributed by atoms with Crippen LogP contribution in [0.5, 0.6) is 5.75 Å². The zero-order chi connectivity index (χ0) is 20.3. The SMILES string of the molecule is COc1ccc(-c2nnc(SC(F)F)n2/N=C\c2cc(C#N)n(C)c2C)cc1. The van der Waals surface area contributed by atoms with Crippen molar-refractivity contribution in [1.82, 2.24) is 19.4 Å². The van der Waals surface area contributed by atoms with Gasteiger partial charge in [0.1, 0.15) is 17.5 Å². The maximum atomic E-state index is 12.9. The van der Waals surface area contributed by atoms with Crippen molar-refractivity contribution in [3.63, 3.8) is 0 Å². The van der Waals surface area contributed by atoms with Gasteiger partial charge in [-0.1, -0.05) is 0 Å². The Labute approximate surface area is 164 Å². The first-order valence-corrected chi connectivity index (χ1v) is 8.98. The van der Waals surface area contributed by atoms with Gasteiger partial charge in [-0.2, -0.15) is 23.8 Å². The van der Waals surface area contributed by atoms with Gasteiger partial charge in [-0.25, -0.2) is 0 Å². The molecule has 0 amide bonds. The molecule has 2 heterocycles. The fourth-order valence-electron chi connectivity index (χ4n) is 2.52. The van der Waals surface area contributed by atoms with Crippen LogP contribution in [0.3, 0.4) is 0 Å². The molecule has 0 unspecified atom stereocenters. The number of hydrogen-bond acceptors (Lipinski definition) is 6. The van der Waals surface area contributed by atoms with Gasteiger partial charge in [0.25, 0.3) is 5.76 Å². The number of benzene rings is 1. The molecule has 0 spiro atoms. The quantitative estimate of drug-likeness (QED) is 0.464. The zero-order valence-corrected chi connectivity index (χ0v) is 16.1. The van der Waals surface area contributed by atoms with Gasteiger partial charge in [-0.3, -0.25) is 0 Å². The van der Waals surface area contributed by atoms with E-state index in [4.69, 9.17) is 10.00 Å². The lowest BCUT2D eigenvalue weighted by Crippen LogP contribution is -1.99. The molecule has 7 nitrogen and oxygen atoms in total. The fraction of sp³-hybridized carbons (Fsp3) is 0.222. The molecule has 10 heteroatoms. The summed E-state index contributed by atoms with van der Waals surface area (Å²) in [5, 5.41) is 21.3. The molecule has 0 atom stereocenters. The molecule has 0 fully saturated rings. The Hall–Kier alpha value is -3.19. The van der Waals surface area contributed by atoms with Gasteiger partial charge >= 0.3 is 0 Å². The number of nitriles is 1. The zero-order valence-electron chi connectivity index (χ0n) is 15.3. The largest absolute Gasteiger partial charge is 0.497 e. The summed E-state index contributed by atoms with van der Waals surface area (Å²) in [6, 6.07) is 10.7. The third kappa shape index (κ3) is 3.89. The summed E-state index contributed by atoms with van der Waals surface area (Å²) in [7, 11) is 3.32. The third-order valence-electron chi connectivity index (χ3n) is 4.16. The van der Waals surface area contributed by atoms with Crippen molar-refractivity contribution in [2.45, 2.75) is 17.8 Å². The van der Waals surface area contributed by atoms with E-state index in [-0.39, 0.29) is 16.9 Å². The topological polar surface area (TPSA) is 81.0 Å².